The van der Waals surface area contributed by atoms with Crippen LogP contribution in [0.1, 0.15) is 19.4 Å². The van der Waals surface area contributed by atoms with Crippen molar-refractivity contribution in [1.29, 1.82) is 0 Å². The van der Waals surface area contributed by atoms with E-state index < -0.39 is 0 Å². The first kappa shape index (κ1) is 16.2. The van der Waals surface area contributed by atoms with Gasteiger partial charge in [-0.15, -0.1) is 0 Å². The molecule has 0 radical (unpaired) electrons. The molecular weight excluding hydrogens is 271 g/mol. The van der Waals surface area contributed by atoms with Crippen molar-refractivity contribution in [2.45, 2.75) is 32.5 Å². The lowest BCUT2D eigenvalue weighted by molar-refractivity contribution is -0.0119. The maximum absolute atomic E-state index is 14.3. The zero-order valence-electron chi connectivity index (χ0n) is 13.1. The average Bonchev–Trinajstić information content (AvgIpc) is 2.48. The minimum Gasteiger partial charge on any atom is -0.494 e. The van der Waals surface area contributed by atoms with Gasteiger partial charge in [0, 0.05) is 37.3 Å². The molecular formula is C16H25FN2O2. The summed E-state index contributed by atoms with van der Waals surface area (Å²) in [5.74, 6) is 0.0414. The fraction of sp³-hybridized carbons (Fsp3) is 0.625. The summed E-state index contributed by atoms with van der Waals surface area (Å²) in [6.45, 7) is 7.88. The Morgan fingerprint density at radius 2 is 2.29 bits per heavy atom. The fourth-order valence-corrected chi connectivity index (χ4v) is 2.51. The highest BCUT2D eigenvalue weighted by Crippen LogP contribution is 2.22. The molecule has 0 aromatic heterocycles. The van der Waals surface area contributed by atoms with Gasteiger partial charge in [0.2, 0.25) is 0 Å². The van der Waals surface area contributed by atoms with Crippen molar-refractivity contribution in [3.05, 3.63) is 29.6 Å². The third kappa shape index (κ3) is 4.40. The van der Waals surface area contributed by atoms with Crippen LogP contribution in [0.25, 0.3) is 0 Å². The Hall–Kier alpha value is -1.17. The van der Waals surface area contributed by atoms with E-state index in [0.29, 0.717) is 37.1 Å². The zero-order valence-corrected chi connectivity index (χ0v) is 13.1. The van der Waals surface area contributed by atoms with E-state index in [1.807, 2.05) is 12.1 Å². The van der Waals surface area contributed by atoms with Gasteiger partial charge in [-0.2, -0.15) is 0 Å². The summed E-state index contributed by atoms with van der Waals surface area (Å²) in [5, 5.41) is 3.43. The first-order valence-electron chi connectivity index (χ1n) is 7.48. The summed E-state index contributed by atoms with van der Waals surface area (Å²) in [5.41, 5.74) is 0.672. The quantitative estimate of drug-likeness (QED) is 0.871. The van der Waals surface area contributed by atoms with E-state index in [2.05, 4.69) is 24.1 Å². The van der Waals surface area contributed by atoms with Gasteiger partial charge in [-0.3, -0.25) is 4.90 Å². The lowest BCUT2D eigenvalue weighted by Crippen LogP contribution is -2.50. The fourth-order valence-electron chi connectivity index (χ4n) is 2.51. The molecule has 1 aliphatic rings. The second kappa shape index (κ2) is 7.73. The topological polar surface area (TPSA) is 33.7 Å². The van der Waals surface area contributed by atoms with Crippen LogP contribution in [0.3, 0.4) is 0 Å². The number of nitrogens with one attached hydrogen (secondary N) is 1. The standard InChI is InChI=1S/C16H25FN2O2/c1-12(2)18-9-14-11-21-8-7-19(14)10-13-5-4-6-15(20-3)16(13)17/h4-6,12,14,18H,7-11H2,1-3H3. The number of morpholine rings is 1. The molecule has 0 spiro atoms. The van der Waals surface area contributed by atoms with Crippen molar-refractivity contribution in [2.24, 2.45) is 0 Å². The van der Waals surface area contributed by atoms with E-state index in [4.69, 9.17) is 9.47 Å². The van der Waals surface area contributed by atoms with Crippen LogP contribution < -0.4 is 10.1 Å². The van der Waals surface area contributed by atoms with Crippen LogP contribution >= 0.6 is 0 Å². The molecule has 1 saturated heterocycles. The number of ether oxygens (including phenoxy) is 2. The Balaban J connectivity index is 2.05. The Bertz CT molecular complexity index is 454. The molecule has 1 aromatic carbocycles. The van der Waals surface area contributed by atoms with Crippen molar-refractivity contribution < 1.29 is 13.9 Å². The molecule has 1 unspecified atom stereocenters. The first-order chi connectivity index (χ1) is 10.1. The molecule has 1 heterocycles. The third-order valence-corrected chi connectivity index (χ3v) is 3.75. The van der Waals surface area contributed by atoms with E-state index in [-0.39, 0.29) is 11.9 Å². The summed E-state index contributed by atoms with van der Waals surface area (Å²) in [6, 6.07) is 6.00. The van der Waals surface area contributed by atoms with Crippen LogP contribution in [0.5, 0.6) is 5.75 Å². The molecule has 0 amide bonds. The third-order valence-electron chi connectivity index (χ3n) is 3.75. The highest BCUT2D eigenvalue weighted by Gasteiger charge is 2.24. The number of hydrogen-bond acceptors (Lipinski definition) is 4. The van der Waals surface area contributed by atoms with Gasteiger partial charge in [0.1, 0.15) is 0 Å². The summed E-state index contributed by atoms with van der Waals surface area (Å²) >= 11 is 0. The second-order valence-corrected chi connectivity index (χ2v) is 5.70. The Labute approximate surface area is 126 Å². The smallest absolute Gasteiger partial charge is 0.169 e. The highest BCUT2D eigenvalue weighted by atomic mass is 19.1. The van der Waals surface area contributed by atoms with Crippen molar-refractivity contribution in [3.63, 3.8) is 0 Å². The molecule has 1 aromatic rings. The lowest BCUT2D eigenvalue weighted by Gasteiger charge is -2.36. The van der Waals surface area contributed by atoms with Gasteiger partial charge in [-0.25, -0.2) is 4.39 Å². The molecule has 21 heavy (non-hydrogen) atoms. The molecule has 4 nitrogen and oxygen atoms in total. The van der Waals surface area contributed by atoms with Crippen LogP contribution in [0.2, 0.25) is 0 Å². The number of rotatable bonds is 6. The second-order valence-electron chi connectivity index (χ2n) is 5.70. The Morgan fingerprint density at radius 1 is 1.48 bits per heavy atom. The van der Waals surface area contributed by atoms with Crippen molar-refractivity contribution in [3.8, 4) is 5.75 Å². The van der Waals surface area contributed by atoms with E-state index in [9.17, 15) is 4.39 Å². The molecule has 118 valence electrons. The van der Waals surface area contributed by atoms with Gasteiger partial charge >= 0.3 is 0 Å². The van der Waals surface area contributed by atoms with Crippen LogP contribution in [0, 0.1) is 5.82 Å². The minimum absolute atomic E-state index is 0.262. The number of methoxy groups -OCH3 is 1. The van der Waals surface area contributed by atoms with Crippen molar-refractivity contribution in [2.75, 3.05) is 33.4 Å². The summed E-state index contributed by atoms with van der Waals surface area (Å²) < 4.78 is 24.9. The molecule has 1 atom stereocenters. The van der Waals surface area contributed by atoms with Gasteiger partial charge in [-0.1, -0.05) is 26.0 Å². The SMILES string of the molecule is COc1cccc(CN2CCOCC2CNC(C)C)c1F. The minimum atomic E-state index is -0.262. The van der Waals surface area contributed by atoms with Crippen molar-refractivity contribution in [1.82, 2.24) is 10.2 Å². The monoisotopic (exact) mass is 296 g/mol. The molecule has 0 bridgehead atoms. The predicted molar refractivity (Wildman–Crippen MR) is 81.1 cm³/mol. The lowest BCUT2D eigenvalue weighted by atomic mass is 10.1. The predicted octanol–water partition coefficient (Wildman–Crippen LogP) is 2.03. The first-order valence-corrected chi connectivity index (χ1v) is 7.48. The van der Waals surface area contributed by atoms with E-state index in [1.165, 1.54) is 7.11 Å². The van der Waals surface area contributed by atoms with Gasteiger partial charge in [0.25, 0.3) is 0 Å². The Morgan fingerprint density at radius 3 is 3.00 bits per heavy atom. The number of hydrogen-bond donors (Lipinski definition) is 1. The zero-order chi connectivity index (χ0) is 15.2. The van der Waals surface area contributed by atoms with Crippen LogP contribution in [-0.2, 0) is 11.3 Å². The van der Waals surface area contributed by atoms with Gasteiger partial charge in [-0.05, 0) is 6.07 Å². The maximum atomic E-state index is 14.3. The molecule has 1 fully saturated rings. The van der Waals surface area contributed by atoms with Crippen LogP contribution in [0.4, 0.5) is 4.39 Å². The van der Waals surface area contributed by atoms with Crippen molar-refractivity contribution >= 4 is 0 Å². The molecule has 5 heteroatoms. The summed E-state index contributed by atoms with van der Waals surface area (Å²) in [4.78, 5) is 2.27. The van der Waals surface area contributed by atoms with Gasteiger partial charge < -0.3 is 14.8 Å². The molecule has 0 saturated carbocycles. The molecule has 1 N–H and O–H groups in total. The highest BCUT2D eigenvalue weighted by molar-refractivity contribution is 5.31. The molecule has 2 rings (SSSR count). The number of nitrogens with zero attached hydrogens (tertiary/aromatic N) is 1. The van der Waals surface area contributed by atoms with E-state index >= 15 is 0 Å². The van der Waals surface area contributed by atoms with E-state index in [1.54, 1.807) is 6.07 Å². The maximum Gasteiger partial charge on any atom is 0.169 e. The van der Waals surface area contributed by atoms with Gasteiger partial charge in [0.15, 0.2) is 11.6 Å². The summed E-state index contributed by atoms with van der Waals surface area (Å²) in [7, 11) is 1.49. The van der Waals surface area contributed by atoms with E-state index in [0.717, 1.165) is 13.1 Å². The normalized spacial score (nSPS) is 20.0. The van der Waals surface area contributed by atoms with Crippen LogP contribution in [-0.4, -0.2) is 50.4 Å². The average molecular weight is 296 g/mol. The molecule has 1 aliphatic heterocycles. The van der Waals surface area contributed by atoms with Gasteiger partial charge in [0.05, 0.1) is 20.3 Å². The number of benzene rings is 1. The summed E-state index contributed by atoms with van der Waals surface area (Å²) in [6.07, 6.45) is 0. The largest absolute Gasteiger partial charge is 0.494 e. The molecule has 0 aliphatic carbocycles. The Kier molecular flexibility index (Phi) is 5.96. The van der Waals surface area contributed by atoms with Crippen LogP contribution in [0.15, 0.2) is 18.2 Å². The number of halogens is 1.